The molecule has 0 saturated carbocycles. The zero-order valence-electron chi connectivity index (χ0n) is 13.4. The number of carbonyl (C=O) groups excluding carboxylic acids is 2. The Hall–Kier alpha value is -2.04. The van der Waals surface area contributed by atoms with Crippen molar-refractivity contribution in [2.45, 2.75) is 38.6 Å². The van der Waals surface area contributed by atoms with E-state index in [2.05, 4.69) is 41.4 Å². The molecular weight excluding hydrogens is 278 g/mol. The predicted octanol–water partition coefficient (Wildman–Crippen LogP) is 2.33. The van der Waals surface area contributed by atoms with Gasteiger partial charge < -0.3 is 10.2 Å². The Labute approximate surface area is 131 Å². The zero-order valence-corrected chi connectivity index (χ0v) is 13.4. The average Bonchev–Trinajstić information content (AvgIpc) is 2.88. The van der Waals surface area contributed by atoms with Crippen molar-refractivity contribution in [1.82, 2.24) is 10.2 Å². The lowest BCUT2D eigenvalue weighted by Crippen LogP contribution is -2.40. The third-order valence-corrected chi connectivity index (χ3v) is 4.56. The quantitative estimate of drug-likeness (QED) is 0.868. The number of amides is 3. The van der Waals surface area contributed by atoms with E-state index in [1.807, 2.05) is 0 Å². The van der Waals surface area contributed by atoms with Crippen molar-refractivity contribution in [1.29, 1.82) is 0 Å². The van der Waals surface area contributed by atoms with E-state index in [0.29, 0.717) is 12.5 Å². The summed E-state index contributed by atoms with van der Waals surface area (Å²) in [4.78, 5) is 27.7. The minimum absolute atomic E-state index is 0.132. The van der Waals surface area contributed by atoms with E-state index < -0.39 is 5.54 Å². The molecule has 1 atom stereocenters. The van der Waals surface area contributed by atoms with Gasteiger partial charge in [-0.3, -0.25) is 9.69 Å². The van der Waals surface area contributed by atoms with Crippen molar-refractivity contribution in [2.75, 3.05) is 24.5 Å². The highest BCUT2D eigenvalue weighted by Crippen LogP contribution is 2.35. The van der Waals surface area contributed by atoms with Gasteiger partial charge in [0.25, 0.3) is 5.91 Å². The summed E-state index contributed by atoms with van der Waals surface area (Å²) in [5.74, 6) is 0.402. The van der Waals surface area contributed by atoms with E-state index in [1.54, 1.807) is 13.8 Å². The van der Waals surface area contributed by atoms with Gasteiger partial charge in [0.15, 0.2) is 0 Å². The molecule has 2 heterocycles. The number of imide groups is 1. The molecule has 22 heavy (non-hydrogen) atoms. The third-order valence-electron chi connectivity index (χ3n) is 4.56. The first-order valence-corrected chi connectivity index (χ1v) is 7.88. The Balaban J connectivity index is 1.59. The number of urea groups is 1. The molecular formula is C17H23N3O2. The maximum atomic E-state index is 12.1. The average molecular weight is 301 g/mol. The Morgan fingerprint density at radius 2 is 1.95 bits per heavy atom. The maximum absolute atomic E-state index is 12.1. The minimum Gasteiger partial charge on any atom is -0.371 e. The number of fused-ring (bicyclic) bond motifs is 1. The number of para-hydroxylation sites is 1. The van der Waals surface area contributed by atoms with Crippen molar-refractivity contribution in [3.8, 4) is 0 Å². The van der Waals surface area contributed by atoms with Gasteiger partial charge in [-0.05, 0) is 31.9 Å². The summed E-state index contributed by atoms with van der Waals surface area (Å²) in [6.07, 6.45) is 0.788. The molecule has 1 N–H and O–H groups in total. The first-order valence-electron chi connectivity index (χ1n) is 7.88. The number of hydrogen-bond donors (Lipinski definition) is 1. The molecule has 1 saturated heterocycles. The van der Waals surface area contributed by atoms with Gasteiger partial charge in [-0.1, -0.05) is 25.1 Å². The monoisotopic (exact) mass is 301 g/mol. The fourth-order valence-corrected chi connectivity index (χ4v) is 3.37. The zero-order chi connectivity index (χ0) is 15.9. The van der Waals surface area contributed by atoms with Crippen molar-refractivity contribution in [2.24, 2.45) is 0 Å². The van der Waals surface area contributed by atoms with Crippen LogP contribution in [0.4, 0.5) is 10.5 Å². The van der Waals surface area contributed by atoms with Crippen LogP contribution in [0.1, 0.15) is 38.7 Å². The molecule has 1 aromatic carbocycles. The number of nitrogens with one attached hydrogen (secondary N) is 1. The van der Waals surface area contributed by atoms with Crippen LogP contribution in [0.3, 0.4) is 0 Å². The number of anilines is 1. The number of hydrogen-bond acceptors (Lipinski definition) is 3. The molecule has 2 aliphatic rings. The third kappa shape index (κ3) is 2.45. The molecule has 5 heteroatoms. The highest BCUT2D eigenvalue weighted by molar-refractivity contribution is 6.06. The van der Waals surface area contributed by atoms with Crippen LogP contribution in [0.25, 0.3) is 0 Å². The van der Waals surface area contributed by atoms with Gasteiger partial charge in [0.05, 0.1) is 0 Å². The molecule has 3 rings (SSSR count). The van der Waals surface area contributed by atoms with Gasteiger partial charge in [0, 0.05) is 31.2 Å². The smallest absolute Gasteiger partial charge is 0.325 e. The minimum atomic E-state index is -0.772. The Kier molecular flexibility index (Phi) is 3.59. The van der Waals surface area contributed by atoms with Gasteiger partial charge in [-0.2, -0.15) is 0 Å². The molecule has 1 fully saturated rings. The lowest BCUT2D eigenvalue weighted by atomic mass is 10.0. The number of benzene rings is 1. The summed E-state index contributed by atoms with van der Waals surface area (Å²) in [7, 11) is 0. The van der Waals surface area contributed by atoms with E-state index in [9.17, 15) is 9.59 Å². The molecule has 0 spiro atoms. The van der Waals surface area contributed by atoms with E-state index in [1.165, 1.54) is 16.2 Å². The van der Waals surface area contributed by atoms with Crippen molar-refractivity contribution in [3.05, 3.63) is 29.8 Å². The fourth-order valence-electron chi connectivity index (χ4n) is 3.37. The molecule has 0 aliphatic carbocycles. The topological polar surface area (TPSA) is 52.6 Å². The van der Waals surface area contributed by atoms with Crippen LogP contribution in [0, 0.1) is 0 Å². The van der Waals surface area contributed by atoms with Gasteiger partial charge >= 0.3 is 6.03 Å². The molecule has 1 unspecified atom stereocenters. The van der Waals surface area contributed by atoms with Crippen molar-refractivity contribution in [3.63, 3.8) is 0 Å². The largest absolute Gasteiger partial charge is 0.371 e. The second-order valence-electron chi connectivity index (χ2n) is 6.77. The molecule has 5 nitrogen and oxygen atoms in total. The fraction of sp³-hybridized carbons (Fsp3) is 0.529. The summed E-state index contributed by atoms with van der Waals surface area (Å²) in [6.45, 7) is 8.06. The number of carbonyl (C=O) groups is 2. The lowest BCUT2D eigenvalue weighted by molar-refractivity contribution is -0.130. The van der Waals surface area contributed by atoms with Crippen LogP contribution in [-0.4, -0.2) is 42.0 Å². The molecule has 0 bridgehead atoms. The number of nitrogens with zero attached hydrogens (tertiary/aromatic N) is 2. The first-order chi connectivity index (χ1) is 10.4. The Morgan fingerprint density at radius 3 is 2.64 bits per heavy atom. The molecule has 2 aliphatic heterocycles. The standard InChI is InChI=1S/C17H23N3O2/c1-12-11-19(14-8-5-4-7-13(12)14)9-6-10-20-15(21)17(2,3)18-16(20)22/h4-5,7-8,12H,6,9-11H2,1-3H3,(H,18,22). The molecule has 0 aromatic heterocycles. The second kappa shape index (κ2) is 5.30. The van der Waals surface area contributed by atoms with Gasteiger partial charge in [-0.25, -0.2) is 4.79 Å². The van der Waals surface area contributed by atoms with Crippen molar-refractivity contribution >= 4 is 17.6 Å². The van der Waals surface area contributed by atoms with Gasteiger partial charge in [0.1, 0.15) is 5.54 Å². The summed E-state index contributed by atoms with van der Waals surface area (Å²) in [6, 6.07) is 8.19. The predicted molar refractivity (Wildman–Crippen MR) is 86.0 cm³/mol. The SMILES string of the molecule is CC1CN(CCCN2C(=O)NC(C)(C)C2=O)c2ccccc21. The highest BCUT2D eigenvalue weighted by Gasteiger charge is 2.43. The normalized spacial score (nSPS) is 23.0. The maximum Gasteiger partial charge on any atom is 0.325 e. The molecule has 1 aromatic rings. The van der Waals surface area contributed by atoms with Crippen LogP contribution in [0.2, 0.25) is 0 Å². The highest BCUT2D eigenvalue weighted by atomic mass is 16.2. The van der Waals surface area contributed by atoms with Crippen LogP contribution >= 0.6 is 0 Å². The van der Waals surface area contributed by atoms with Crippen molar-refractivity contribution < 1.29 is 9.59 Å². The van der Waals surface area contributed by atoms with Crippen LogP contribution in [0.15, 0.2) is 24.3 Å². The molecule has 0 radical (unpaired) electrons. The summed E-state index contributed by atoms with van der Waals surface area (Å²) >= 11 is 0. The van der Waals surface area contributed by atoms with E-state index >= 15 is 0 Å². The van der Waals surface area contributed by atoms with Crippen LogP contribution in [0.5, 0.6) is 0 Å². The summed E-state index contributed by atoms with van der Waals surface area (Å²) in [5, 5.41) is 2.72. The lowest BCUT2D eigenvalue weighted by Gasteiger charge is -2.21. The first kappa shape index (κ1) is 14.9. The van der Waals surface area contributed by atoms with E-state index in [0.717, 1.165) is 19.5 Å². The van der Waals surface area contributed by atoms with E-state index in [4.69, 9.17) is 0 Å². The molecule has 118 valence electrons. The molecule has 3 amide bonds. The summed E-state index contributed by atoms with van der Waals surface area (Å²) in [5.41, 5.74) is 1.90. The van der Waals surface area contributed by atoms with Crippen LogP contribution < -0.4 is 10.2 Å². The van der Waals surface area contributed by atoms with Gasteiger partial charge in [0.2, 0.25) is 0 Å². The Bertz CT molecular complexity index is 612. The van der Waals surface area contributed by atoms with Crippen LogP contribution in [-0.2, 0) is 4.79 Å². The Morgan fingerprint density at radius 1 is 1.23 bits per heavy atom. The number of rotatable bonds is 4. The summed E-state index contributed by atoms with van der Waals surface area (Å²) < 4.78 is 0. The van der Waals surface area contributed by atoms with Gasteiger partial charge in [-0.15, -0.1) is 0 Å². The second-order valence-corrected chi connectivity index (χ2v) is 6.77. The van der Waals surface area contributed by atoms with E-state index in [-0.39, 0.29) is 11.9 Å².